The van der Waals surface area contributed by atoms with Crippen molar-refractivity contribution < 1.29 is 14.6 Å². The summed E-state index contributed by atoms with van der Waals surface area (Å²) in [6.07, 6.45) is 8.05. The molecule has 6 heteroatoms. The average Bonchev–Trinajstić information content (AvgIpc) is 2.70. The van der Waals surface area contributed by atoms with Crippen LogP contribution in [0.25, 0.3) is 0 Å². The molecule has 1 saturated carbocycles. The van der Waals surface area contributed by atoms with E-state index >= 15 is 0 Å². The fraction of sp³-hybridized carbons (Fsp3) is 0.955. The summed E-state index contributed by atoms with van der Waals surface area (Å²) in [5.74, 6) is 0.706. The zero-order valence-electron chi connectivity index (χ0n) is 18.1. The second-order valence-electron chi connectivity index (χ2n) is 9.16. The number of hydrogen-bond donors (Lipinski definition) is 3. The number of rotatable bonds is 11. The highest BCUT2D eigenvalue weighted by molar-refractivity contribution is 5.78. The highest BCUT2D eigenvalue weighted by Crippen LogP contribution is 2.28. The number of nitrogens with zero attached hydrogens (tertiary/aromatic N) is 1. The van der Waals surface area contributed by atoms with E-state index in [1.165, 1.54) is 32.1 Å². The smallest absolute Gasteiger partial charge is 0.223 e. The highest BCUT2D eigenvalue weighted by Gasteiger charge is 2.29. The summed E-state index contributed by atoms with van der Waals surface area (Å²) in [5.41, 5.74) is 6.30. The number of amides is 1. The Balaban J connectivity index is 1.69. The van der Waals surface area contributed by atoms with E-state index in [0.717, 1.165) is 45.7 Å². The van der Waals surface area contributed by atoms with Crippen LogP contribution in [0.3, 0.4) is 0 Å². The van der Waals surface area contributed by atoms with Crippen LogP contribution in [0.5, 0.6) is 0 Å². The molecule has 2 rings (SSSR count). The van der Waals surface area contributed by atoms with Gasteiger partial charge in [-0.15, -0.1) is 0 Å². The minimum atomic E-state index is -0.603. The van der Waals surface area contributed by atoms with Crippen molar-refractivity contribution in [1.82, 2.24) is 10.2 Å². The maximum absolute atomic E-state index is 12.7. The molecule has 1 amide bonds. The lowest BCUT2D eigenvalue weighted by molar-refractivity contribution is -0.127. The quantitative estimate of drug-likeness (QED) is 0.465. The van der Waals surface area contributed by atoms with Gasteiger partial charge in [0.1, 0.15) is 0 Å². The number of morpholine rings is 1. The van der Waals surface area contributed by atoms with Gasteiger partial charge in [-0.1, -0.05) is 46.0 Å². The molecule has 1 heterocycles. The summed E-state index contributed by atoms with van der Waals surface area (Å²) in [7, 11) is 0. The average molecular weight is 398 g/mol. The molecule has 0 radical (unpaired) electrons. The minimum Gasteiger partial charge on any atom is -0.391 e. The van der Waals surface area contributed by atoms with Crippen molar-refractivity contribution in [3.8, 4) is 0 Å². The molecule has 1 saturated heterocycles. The first-order valence-electron chi connectivity index (χ1n) is 11.5. The van der Waals surface area contributed by atoms with Gasteiger partial charge in [-0.3, -0.25) is 9.69 Å². The first kappa shape index (κ1) is 23.6. The van der Waals surface area contributed by atoms with E-state index in [1.54, 1.807) is 0 Å². The second-order valence-corrected chi connectivity index (χ2v) is 9.16. The number of carbonyl (C=O) groups is 1. The van der Waals surface area contributed by atoms with Gasteiger partial charge in [0, 0.05) is 31.6 Å². The summed E-state index contributed by atoms with van der Waals surface area (Å²) in [4.78, 5) is 15.1. The highest BCUT2D eigenvalue weighted by atomic mass is 16.5. The minimum absolute atomic E-state index is 0.0564. The second kappa shape index (κ2) is 12.8. The van der Waals surface area contributed by atoms with Crippen molar-refractivity contribution in [2.75, 3.05) is 39.4 Å². The topological polar surface area (TPSA) is 87.8 Å². The molecule has 1 aliphatic carbocycles. The molecule has 0 aromatic rings. The largest absolute Gasteiger partial charge is 0.391 e. The number of hydrogen-bond acceptors (Lipinski definition) is 5. The van der Waals surface area contributed by atoms with Crippen molar-refractivity contribution in [3.63, 3.8) is 0 Å². The third-order valence-electron chi connectivity index (χ3n) is 6.52. The van der Waals surface area contributed by atoms with E-state index in [9.17, 15) is 9.90 Å². The van der Waals surface area contributed by atoms with Crippen molar-refractivity contribution in [2.45, 2.75) is 77.4 Å². The summed E-state index contributed by atoms with van der Waals surface area (Å²) in [6.45, 7) is 9.35. The van der Waals surface area contributed by atoms with Gasteiger partial charge in [0.2, 0.25) is 5.91 Å². The lowest BCUT2D eigenvalue weighted by atomic mass is 9.81. The molecular weight excluding hydrogens is 354 g/mol. The van der Waals surface area contributed by atoms with E-state index in [2.05, 4.69) is 24.1 Å². The van der Waals surface area contributed by atoms with E-state index in [4.69, 9.17) is 10.5 Å². The van der Waals surface area contributed by atoms with Crippen LogP contribution in [-0.2, 0) is 9.53 Å². The SMILES string of the molecule is CC(C)[C@H](C[C@H](O)C(N)CC1CCCCC1)C(=O)NCCCN1CCOCC1. The molecule has 2 aliphatic rings. The lowest BCUT2D eigenvalue weighted by Crippen LogP contribution is -2.43. The molecule has 164 valence electrons. The van der Waals surface area contributed by atoms with Gasteiger partial charge in [0.15, 0.2) is 0 Å². The Morgan fingerprint density at radius 2 is 1.89 bits per heavy atom. The van der Waals surface area contributed by atoms with Crippen molar-refractivity contribution >= 4 is 5.91 Å². The first-order chi connectivity index (χ1) is 13.5. The Labute approximate surface area is 171 Å². The van der Waals surface area contributed by atoms with Gasteiger partial charge in [-0.05, 0) is 37.6 Å². The standard InChI is InChI=1S/C22H43N3O3/c1-17(2)19(16-21(26)20(23)15-18-7-4-3-5-8-18)22(27)24-9-6-10-25-11-13-28-14-12-25/h17-21,26H,3-16,23H2,1-2H3,(H,24,27)/t19-,20?,21-/m0/s1. The molecule has 6 nitrogen and oxygen atoms in total. The Morgan fingerprint density at radius 3 is 2.54 bits per heavy atom. The van der Waals surface area contributed by atoms with Crippen LogP contribution in [0.4, 0.5) is 0 Å². The maximum atomic E-state index is 12.7. The number of nitrogens with two attached hydrogens (primary N) is 1. The number of ether oxygens (including phenoxy) is 1. The van der Waals surface area contributed by atoms with Gasteiger partial charge in [-0.2, -0.15) is 0 Å². The van der Waals surface area contributed by atoms with Gasteiger partial charge in [-0.25, -0.2) is 0 Å². The third-order valence-corrected chi connectivity index (χ3v) is 6.52. The molecule has 4 N–H and O–H groups in total. The fourth-order valence-corrected chi connectivity index (χ4v) is 4.55. The molecule has 0 aromatic heterocycles. The molecule has 2 fully saturated rings. The van der Waals surface area contributed by atoms with Gasteiger partial charge in [0.05, 0.1) is 19.3 Å². The number of aliphatic hydroxyl groups is 1. The normalized spacial score (nSPS) is 22.8. The van der Waals surface area contributed by atoms with Crippen LogP contribution in [0.1, 0.15) is 65.2 Å². The molecular formula is C22H43N3O3. The summed E-state index contributed by atoms with van der Waals surface area (Å²) >= 11 is 0. The van der Waals surface area contributed by atoms with E-state index in [0.29, 0.717) is 18.9 Å². The molecule has 28 heavy (non-hydrogen) atoms. The zero-order valence-corrected chi connectivity index (χ0v) is 18.1. The van der Waals surface area contributed by atoms with E-state index in [1.807, 2.05) is 0 Å². The molecule has 0 spiro atoms. The first-order valence-corrected chi connectivity index (χ1v) is 11.5. The number of nitrogens with one attached hydrogen (secondary N) is 1. The molecule has 3 atom stereocenters. The Bertz CT molecular complexity index is 435. The van der Waals surface area contributed by atoms with E-state index in [-0.39, 0.29) is 23.8 Å². The third kappa shape index (κ3) is 8.36. The van der Waals surface area contributed by atoms with Gasteiger partial charge >= 0.3 is 0 Å². The number of carbonyl (C=O) groups excluding carboxylic acids is 1. The monoisotopic (exact) mass is 397 g/mol. The van der Waals surface area contributed by atoms with Crippen LogP contribution >= 0.6 is 0 Å². The fourth-order valence-electron chi connectivity index (χ4n) is 4.55. The van der Waals surface area contributed by atoms with E-state index < -0.39 is 6.10 Å². The van der Waals surface area contributed by atoms with Gasteiger partial charge < -0.3 is 20.9 Å². The lowest BCUT2D eigenvalue weighted by Gasteiger charge is -2.30. The summed E-state index contributed by atoms with van der Waals surface area (Å²) < 4.78 is 5.36. The Morgan fingerprint density at radius 1 is 1.21 bits per heavy atom. The predicted molar refractivity (Wildman–Crippen MR) is 113 cm³/mol. The Hall–Kier alpha value is -0.690. The molecule has 0 bridgehead atoms. The van der Waals surface area contributed by atoms with Crippen molar-refractivity contribution in [3.05, 3.63) is 0 Å². The molecule has 0 aromatic carbocycles. The molecule has 1 aliphatic heterocycles. The van der Waals surface area contributed by atoms with Crippen molar-refractivity contribution in [2.24, 2.45) is 23.5 Å². The maximum Gasteiger partial charge on any atom is 0.223 e. The van der Waals surface area contributed by atoms with Crippen LogP contribution in [0.15, 0.2) is 0 Å². The zero-order chi connectivity index (χ0) is 20.4. The predicted octanol–water partition coefficient (Wildman–Crippen LogP) is 2.15. The van der Waals surface area contributed by atoms with Crippen LogP contribution in [0.2, 0.25) is 0 Å². The molecule has 1 unspecified atom stereocenters. The number of aliphatic hydroxyl groups excluding tert-OH is 1. The van der Waals surface area contributed by atoms with Crippen LogP contribution < -0.4 is 11.1 Å². The summed E-state index contributed by atoms with van der Waals surface area (Å²) in [5, 5.41) is 13.7. The van der Waals surface area contributed by atoms with Crippen molar-refractivity contribution in [1.29, 1.82) is 0 Å². The summed E-state index contributed by atoms with van der Waals surface area (Å²) in [6, 6.07) is -0.224. The van der Waals surface area contributed by atoms with Gasteiger partial charge in [0.25, 0.3) is 0 Å². The van der Waals surface area contributed by atoms with Crippen LogP contribution in [0, 0.1) is 17.8 Å². The van der Waals surface area contributed by atoms with Crippen LogP contribution in [-0.4, -0.2) is 67.5 Å². The Kier molecular flexibility index (Phi) is 10.8.